The molecule has 0 spiro atoms. The number of hydrogen-bond donors (Lipinski definition) is 0. The highest BCUT2D eigenvalue weighted by atomic mass is 16.6. The Labute approximate surface area is 180 Å². The summed E-state index contributed by atoms with van der Waals surface area (Å²) < 4.78 is 27.2. The summed E-state index contributed by atoms with van der Waals surface area (Å²) in [5, 5.41) is 0.893. The molecule has 0 saturated heterocycles. The first-order chi connectivity index (χ1) is 14.8. The smallest absolute Gasteiger partial charge is 0.308 e. The van der Waals surface area contributed by atoms with Crippen LogP contribution in [0.5, 0.6) is 17.2 Å². The van der Waals surface area contributed by atoms with Crippen molar-refractivity contribution < 1.29 is 33.0 Å². The molecule has 0 aliphatic carbocycles. The maximum absolute atomic E-state index is 11.3. The second-order valence-electron chi connectivity index (χ2n) is 6.82. The Morgan fingerprint density at radius 1 is 0.968 bits per heavy atom. The minimum atomic E-state index is -0.426. The zero-order valence-corrected chi connectivity index (χ0v) is 18.1. The van der Waals surface area contributed by atoms with E-state index in [1.54, 1.807) is 31.4 Å². The molecule has 0 amide bonds. The summed E-state index contributed by atoms with van der Waals surface area (Å²) in [4.78, 5) is 22.2. The van der Waals surface area contributed by atoms with E-state index in [1.165, 1.54) is 21.0 Å². The fraction of sp³-hybridized carbons (Fsp3) is 0.250. The van der Waals surface area contributed by atoms with Gasteiger partial charge in [0.1, 0.15) is 12.4 Å². The van der Waals surface area contributed by atoms with Gasteiger partial charge in [-0.3, -0.25) is 9.59 Å². The number of hydrogen-bond acceptors (Lipinski definition) is 7. The van der Waals surface area contributed by atoms with Gasteiger partial charge >= 0.3 is 11.9 Å². The van der Waals surface area contributed by atoms with Crippen molar-refractivity contribution in [3.05, 3.63) is 47.5 Å². The molecule has 7 nitrogen and oxygen atoms in total. The van der Waals surface area contributed by atoms with Crippen molar-refractivity contribution >= 4 is 29.0 Å². The van der Waals surface area contributed by atoms with E-state index in [4.69, 9.17) is 23.4 Å². The maximum Gasteiger partial charge on any atom is 0.308 e. The molecule has 1 heterocycles. The minimum absolute atomic E-state index is 0.194. The summed E-state index contributed by atoms with van der Waals surface area (Å²) in [7, 11) is 3.09. The van der Waals surface area contributed by atoms with Crippen LogP contribution in [0.15, 0.2) is 40.8 Å². The topological polar surface area (TPSA) is 84.2 Å². The standard InChI is InChI=1S/C24H24O7/c1-14-19-11-17(7-6-10-29-15(2)25)12-22(28-5)24(19)31-23(14)18-8-9-20(30-16(3)26)21(13-18)27-4/h6-9,11-13H,10H2,1-5H3/b7-6+. The molecule has 0 aliphatic heterocycles. The largest absolute Gasteiger partial charge is 0.493 e. The summed E-state index contributed by atoms with van der Waals surface area (Å²) in [5.41, 5.74) is 3.20. The number of fused-ring (bicyclic) bond motifs is 1. The third kappa shape index (κ3) is 4.88. The average molecular weight is 424 g/mol. The predicted octanol–water partition coefficient (Wildman–Crippen LogP) is 4.93. The summed E-state index contributed by atoms with van der Waals surface area (Å²) in [6, 6.07) is 9.06. The lowest BCUT2D eigenvalue weighted by Gasteiger charge is -2.09. The van der Waals surface area contributed by atoms with E-state index >= 15 is 0 Å². The van der Waals surface area contributed by atoms with Crippen LogP contribution in [-0.2, 0) is 14.3 Å². The van der Waals surface area contributed by atoms with Gasteiger partial charge in [-0.05, 0) is 48.9 Å². The van der Waals surface area contributed by atoms with Gasteiger partial charge < -0.3 is 23.4 Å². The molecular formula is C24H24O7. The molecule has 0 fully saturated rings. The first-order valence-corrected chi connectivity index (χ1v) is 9.62. The molecule has 0 saturated carbocycles. The van der Waals surface area contributed by atoms with Crippen molar-refractivity contribution in [2.45, 2.75) is 20.8 Å². The molecule has 1 aromatic heterocycles. The van der Waals surface area contributed by atoms with Crippen LogP contribution in [0.2, 0.25) is 0 Å². The molecule has 3 aromatic rings. The Bertz CT molecular complexity index is 1150. The van der Waals surface area contributed by atoms with Crippen molar-refractivity contribution in [1.29, 1.82) is 0 Å². The number of aryl methyl sites for hydroxylation is 1. The molecule has 0 radical (unpaired) electrons. The van der Waals surface area contributed by atoms with E-state index in [9.17, 15) is 9.59 Å². The fourth-order valence-corrected chi connectivity index (χ4v) is 3.23. The van der Waals surface area contributed by atoms with Crippen LogP contribution >= 0.6 is 0 Å². The second kappa shape index (κ2) is 9.38. The van der Waals surface area contributed by atoms with Crippen molar-refractivity contribution in [3.8, 4) is 28.6 Å². The molecule has 7 heteroatoms. The van der Waals surface area contributed by atoms with Crippen molar-refractivity contribution in [2.75, 3.05) is 20.8 Å². The monoisotopic (exact) mass is 424 g/mol. The fourth-order valence-electron chi connectivity index (χ4n) is 3.23. The van der Waals surface area contributed by atoms with Gasteiger partial charge in [-0.2, -0.15) is 0 Å². The lowest BCUT2D eigenvalue weighted by Crippen LogP contribution is -2.03. The second-order valence-corrected chi connectivity index (χ2v) is 6.82. The zero-order valence-electron chi connectivity index (χ0n) is 18.1. The Kier molecular flexibility index (Phi) is 6.65. The molecule has 162 valence electrons. The van der Waals surface area contributed by atoms with Crippen molar-refractivity contribution in [1.82, 2.24) is 0 Å². The number of benzene rings is 2. The highest BCUT2D eigenvalue weighted by molar-refractivity contribution is 5.93. The van der Waals surface area contributed by atoms with Crippen LogP contribution in [0.25, 0.3) is 28.4 Å². The molecule has 31 heavy (non-hydrogen) atoms. The van der Waals surface area contributed by atoms with Crippen molar-refractivity contribution in [3.63, 3.8) is 0 Å². The lowest BCUT2D eigenvalue weighted by atomic mass is 10.0. The van der Waals surface area contributed by atoms with Crippen LogP contribution < -0.4 is 14.2 Å². The first kappa shape index (κ1) is 22.0. The predicted molar refractivity (Wildman–Crippen MR) is 116 cm³/mol. The van der Waals surface area contributed by atoms with Gasteiger partial charge in [-0.25, -0.2) is 0 Å². The Morgan fingerprint density at radius 3 is 2.35 bits per heavy atom. The number of ether oxygens (including phenoxy) is 4. The van der Waals surface area contributed by atoms with Gasteiger partial charge in [-0.1, -0.05) is 6.08 Å². The van der Waals surface area contributed by atoms with Crippen LogP contribution in [0.1, 0.15) is 25.0 Å². The van der Waals surface area contributed by atoms with Gasteiger partial charge in [0.05, 0.1) is 14.2 Å². The number of furan rings is 1. The Balaban J connectivity index is 2.04. The minimum Gasteiger partial charge on any atom is -0.493 e. The maximum atomic E-state index is 11.3. The van der Waals surface area contributed by atoms with Gasteiger partial charge in [-0.15, -0.1) is 0 Å². The van der Waals surface area contributed by atoms with Gasteiger partial charge in [0.15, 0.2) is 22.8 Å². The molecular weight excluding hydrogens is 400 g/mol. The lowest BCUT2D eigenvalue weighted by molar-refractivity contribution is -0.139. The Hall–Kier alpha value is -3.74. The number of rotatable bonds is 7. The SMILES string of the molecule is COc1cc(-c2oc3c(OC)cc(/C=C/COC(C)=O)cc3c2C)ccc1OC(C)=O. The highest BCUT2D eigenvalue weighted by Crippen LogP contribution is 2.41. The van der Waals surface area contributed by atoms with Gasteiger partial charge in [0.2, 0.25) is 0 Å². The highest BCUT2D eigenvalue weighted by Gasteiger charge is 2.18. The third-order valence-electron chi connectivity index (χ3n) is 4.62. The van der Waals surface area contributed by atoms with E-state index in [0.717, 1.165) is 22.1 Å². The molecule has 3 rings (SSSR count). The molecule has 2 aromatic carbocycles. The quantitative estimate of drug-likeness (QED) is 0.393. The van der Waals surface area contributed by atoms with Gasteiger partial charge in [0, 0.05) is 30.4 Å². The number of methoxy groups -OCH3 is 2. The van der Waals surface area contributed by atoms with Crippen molar-refractivity contribution in [2.24, 2.45) is 0 Å². The summed E-state index contributed by atoms with van der Waals surface area (Å²) >= 11 is 0. The molecule has 0 unspecified atom stereocenters. The Morgan fingerprint density at radius 2 is 1.71 bits per heavy atom. The molecule has 0 aliphatic rings. The summed E-state index contributed by atoms with van der Waals surface area (Å²) in [6.07, 6.45) is 3.62. The van der Waals surface area contributed by atoms with Gasteiger partial charge in [0.25, 0.3) is 0 Å². The van der Waals surface area contributed by atoms with E-state index < -0.39 is 5.97 Å². The summed E-state index contributed by atoms with van der Waals surface area (Å²) in [5.74, 6) is 1.25. The zero-order chi connectivity index (χ0) is 22.5. The average Bonchev–Trinajstić information content (AvgIpc) is 3.07. The number of carbonyl (C=O) groups excluding carboxylic acids is 2. The van der Waals surface area contributed by atoms with Crippen LogP contribution in [0.4, 0.5) is 0 Å². The number of carbonyl (C=O) groups is 2. The third-order valence-corrected chi connectivity index (χ3v) is 4.62. The summed E-state index contributed by atoms with van der Waals surface area (Å²) in [6.45, 7) is 4.85. The molecule has 0 bridgehead atoms. The van der Waals surface area contributed by atoms with E-state index in [0.29, 0.717) is 28.6 Å². The van der Waals surface area contributed by atoms with E-state index in [1.807, 2.05) is 25.1 Å². The van der Waals surface area contributed by atoms with E-state index in [-0.39, 0.29) is 12.6 Å². The number of esters is 2. The molecule has 0 atom stereocenters. The molecule has 0 N–H and O–H groups in total. The van der Waals surface area contributed by atoms with Crippen LogP contribution in [0.3, 0.4) is 0 Å². The van der Waals surface area contributed by atoms with Crippen LogP contribution in [0, 0.1) is 6.92 Å². The normalized spacial score (nSPS) is 11.0. The van der Waals surface area contributed by atoms with Crippen LogP contribution in [-0.4, -0.2) is 32.8 Å². The van der Waals surface area contributed by atoms with E-state index in [2.05, 4.69) is 0 Å². The first-order valence-electron chi connectivity index (χ1n) is 9.62.